The molecule has 1 saturated heterocycles. The average molecular weight is 306 g/mol. The fourth-order valence-electron chi connectivity index (χ4n) is 2.28. The molecule has 0 aromatic heterocycles. The normalized spacial score (nSPS) is 20.5. The van der Waals surface area contributed by atoms with Gasteiger partial charge in [0.05, 0.1) is 0 Å². The lowest BCUT2D eigenvalue weighted by Gasteiger charge is -2.14. The van der Waals surface area contributed by atoms with Crippen molar-refractivity contribution < 1.29 is 19.1 Å². The van der Waals surface area contributed by atoms with E-state index < -0.39 is 0 Å². The van der Waals surface area contributed by atoms with Gasteiger partial charge >= 0.3 is 0 Å². The average Bonchev–Trinajstić information content (AvgIpc) is 2.93. The molecule has 2 atom stereocenters. The molecule has 1 heterocycles. The molecular weight excluding hydrogens is 284 g/mol. The van der Waals surface area contributed by atoms with Crippen LogP contribution in [0.5, 0.6) is 5.75 Å². The molecule has 6 nitrogen and oxygen atoms in total. The monoisotopic (exact) mass is 306 g/mol. The molecule has 0 aliphatic carbocycles. The van der Waals surface area contributed by atoms with Crippen LogP contribution >= 0.6 is 0 Å². The molecule has 0 saturated carbocycles. The highest BCUT2D eigenvalue weighted by atomic mass is 16.5. The van der Waals surface area contributed by atoms with Gasteiger partial charge in [0.25, 0.3) is 11.8 Å². The van der Waals surface area contributed by atoms with E-state index >= 15 is 0 Å². The zero-order chi connectivity index (χ0) is 15.9. The van der Waals surface area contributed by atoms with Crippen molar-refractivity contribution in [1.82, 2.24) is 5.32 Å². The lowest BCUT2D eigenvalue weighted by atomic mass is 10.0. The van der Waals surface area contributed by atoms with Gasteiger partial charge in [-0.05, 0) is 43.5 Å². The van der Waals surface area contributed by atoms with E-state index in [1.54, 1.807) is 24.3 Å². The Morgan fingerprint density at radius 1 is 1.32 bits per heavy atom. The predicted molar refractivity (Wildman–Crippen MR) is 82.8 cm³/mol. The number of benzene rings is 1. The SMILES string of the molecule is CCNC(=O)COc1ccc(NC(=O)[C@H]2OCC[C@H]2C)cc1. The maximum atomic E-state index is 12.1. The Labute approximate surface area is 130 Å². The predicted octanol–water partition coefficient (Wildman–Crippen LogP) is 1.56. The number of amides is 2. The summed E-state index contributed by atoms with van der Waals surface area (Å²) >= 11 is 0. The number of carbonyl (C=O) groups is 2. The molecule has 1 aromatic carbocycles. The minimum Gasteiger partial charge on any atom is -0.484 e. The van der Waals surface area contributed by atoms with Gasteiger partial charge in [0.1, 0.15) is 11.9 Å². The van der Waals surface area contributed by atoms with E-state index in [4.69, 9.17) is 9.47 Å². The van der Waals surface area contributed by atoms with Gasteiger partial charge in [-0.15, -0.1) is 0 Å². The molecule has 0 spiro atoms. The number of carbonyl (C=O) groups excluding carboxylic acids is 2. The maximum Gasteiger partial charge on any atom is 0.257 e. The first kappa shape index (κ1) is 16.3. The Bertz CT molecular complexity index is 515. The van der Waals surface area contributed by atoms with Gasteiger partial charge in [-0.1, -0.05) is 6.92 Å². The number of rotatable bonds is 6. The van der Waals surface area contributed by atoms with Crippen LogP contribution in [0.1, 0.15) is 20.3 Å². The molecule has 1 aromatic rings. The molecule has 2 N–H and O–H groups in total. The third kappa shape index (κ3) is 4.46. The molecule has 1 aliphatic heterocycles. The number of hydrogen-bond donors (Lipinski definition) is 2. The van der Waals surface area contributed by atoms with Crippen LogP contribution in [-0.2, 0) is 14.3 Å². The second-order valence-electron chi connectivity index (χ2n) is 5.31. The van der Waals surface area contributed by atoms with Gasteiger partial charge < -0.3 is 20.1 Å². The van der Waals surface area contributed by atoms with Crippen molar-refractivity contribution in [3.63, 3.8) is 0 Å². The Hall–Kier alpha value is -2.08. The highest BCUT2D eigenvalue weighted by Crippen LogP contribution is 2.22. The second-order valence-corrected chi connectivity index (χ2v) is 5.31. The van der Waals surface area contributed by atoms with Gasteiger partial charge in [-0.2, -0.15) is 0 Å². The van der Waals surface area contributed by atoms with E-state index in [0.29, 0.717) is 24.6 Å². The van der Waals surface area contributed by atoms with Gasteiger partial charge in [0.15, 0.2) is 6.61 Å². The van der Waals surface area contributed by atoms with Crippen molar-refractivity contribution in [3.05, 3.63) is 24.3 Å². The van der Waals surface area contributed by atoms with Gasteiger partial charge in [0, 0.05) is 18.8 Å². The van der Waals surface area contributed by atoms with Crippen LogP contribution < -0.4 is 15.4 Å². The van der Waals surface area contributed by atoms with Crippen molar-refractivity contribution in [1.29, 1.82) is 0 Å². The van der Waals surface area contributed by atoms with Crippen LogP contribution in [0.4, 0.5) is 5.69 Å². The molecule has 2 amide bonds. The fourth-order valence-corrected chi connectivity index (χ4v) is 2.28. The molecule has 22 heavy (non-hydrogen) atoms. The van der Waals surface area contributed by atoms with E-state index in [-0.39, 0.29) is 30.4 Å². The lowest BCUT2D eigenvalue weighted by Crippen LogP contribution is -2.31. The quantitative estimate of drug-likeness (QED) is 0.836. The van der Waals surface area contributed by atoms with E-state index in [1.807, 2.05) is 13.8 Å². The van der Waals surface area contributed by atoms with E-state index in [2.05, 4.69) is 10.6 Å². The number of nitrogens with one attached hydrogen (secondary N) is 2. The summed E-state index contributed by atoms with van der Waals surface area (Å²) in [6.45, 7) is 5.05. The summed E-state index contributed by atoms with van der Waals surface area (Å²) in [5.41, 5.74) is 0.679. The third-order valence-corrected chi connectivity index (χ3v) is 3.51. The van der Waals surface area contributed by atoms with Crippen molar-refractivity contribution in [2.24, 2.45) is 5.92 Å². The Kier molecular flexibility index (Phi) is 5.77. The zero-order valence-corrected chi connectivity index (χ0v) is 12.9. The summed E-state index contributed by atoms with van der Waals surface area (Å²) in [7, 11) is 0. The Morgan fingerprint density at radius 2 is 2.05 bits per heavy atom. The third-order valence-electron chi connectivity index (χ3n) is 3.51. The molecular formula is C16H22N2O4. The molecule has 1 aliphatic rings. The van der Waals surface area contributed by atoms with E-state index in [9.17, 15) is 9.59 Å². The number of likely N-dealkylation sites (N-methyl/N-ethyl adjacent to an activating group) is 1. The molecule has 1 fully saturated rings. The summed E-state index contributed by atoms with van der Waals surface area (Å²) in [4.78, 5) is 23.4. The van der Waals surface area contributed by atoms with Gasteiger partial charge in [0.2, 0.25) is 0 Å². The number of hydrogen-bond acceptors (Lipinski definition) is 4. The standard InChI is InChI=1S/C16H22N2O4/c1-3-17-14(19)10-22-13-6-4-12(5-7-13)18-16(20)15-11(2)8-9-21-15/h4-7,11,15H,3,8-10H2,1-2H3,(H,17,19)(H,18,20)/t11-,15+/m1/s1. The molecule has 0 radical (unpaired) electrons. The summed E-state index contributed by atoms with van der Waals surface area (Å²) in [6.07, 6.45) is 0.527. The molecule has 120 valence electrons. The Balaban J connectivity index is 1.83. The van der Waals surface area contributed by atoms with Crippen LogP contribution in [0, 0.1) is 5.92 Å². The molecule has 2 rings (SSSR count). The van der Waals surface area contributed by atoms with Crippen LogP contribution in [0.2, 0.25) is 0 Å². The minimum absolute atomic E-state index is 0.0209. The molecule has 6 heteroatoms. The highest BCUT2D eigenvalue weighted by molar-refractivity contribution is 5.94. The number of anilines is 1. The summed E-state index contributed by atoms with van der Waals surface area (Å²) in [5.74, 6) is 0.530. The van der Waals surface area contributed by atoms with Crippen molar-refractivity contribution in [2.75, 3.05) is 25.1 Å². The van der Waals surface area contributed by atoms with Crippen molar-refractivity contribution in [2.45, 2.75) is 26.4 Å². The largest absolute Gasteiger partial charge is 0.484 e. The molecule has 0 unspecified atom stereocenters. The first-order valence-electron chi connectivity index (χ1n) is 7.52. The topological polar surface area (TPSA) is 76.7 Å². The van der Waals surface area contributed by atoms with E-state index in [1.165, 1.54) is 0 Å². The minimum atomic E-state index is -0.381. The fraction of sp³-hybridized carbons (Fsp3) is 0.500. The number of ether oxygens (including phenoxy) is 2. The first-order valence-corrected chi connectivity index (χ1v) is 7.52. The highest BCUT2D eigenvalue weighted by Gasteiger charge is 2.30. The summed E-state index contributed by atoms with van der Waals surface area (Å²) in [6, 6.07) is 6.91. The van der Waals surface area contributed by atoms with Crippen LogP contribution in [-0.4, -0.2) is 37.7 Å². The van der Waals surface area contributed by atoms with Crippen molar-refractivity contribution >= 4 is 17.5 Å². The van der Waals surface area contributed by atoms with Crippen LogP contribution in [0.15, 0.2) is 24.3 Å². The smallest absolute Gasteiger partial charge is 0.257 e. The van der Waals surface area contributed by atoms with Crippen molar-refractivity contribution in [3.8, 4) is 5.75 Å². The maximum absolute atomic E-state index is 12.1. The summed E-state index contributed by atoms with van der Waals surface area (Å²) < 4.78 is 10.8. The molecule has 0 bridgehead atoms. The zero-order valence-electron chi connectivity index (χ0n) is 12.9. The van der Waals surface area contributed by atoms with Crippen LogP contribution in [0.25, 0.3) is 0 Å². The van der Waals surface area contributed by atoms with Crippen LogP contribution in [0.3, 0.4) is 0 Å². The second kappa shape index (κ2) is 7.79. The summed E-state index contributed by atoms with van der Waals surface area (Å²) in [5, 5.41) is 5.48. The first-order chi connectivity index (χ1) is 10.6. The van der Waals surface area contributed by atoms with E-state index in [0.717, 1.165) is 6.42 Å². The van der Waals surface area contributed by atoms with Gasteiger partial charge in [-0.3, -0.25) is 9.59 Å². The van der Waals surface area contributed by atoms with Gasteiger partial charge in [-0.25, -0.2) is 0 Å². The Morgan fingerprint density at radius 3 is 2.64 bits per heavy atom. The lowest BCUT2D eigenvalue weighted by molar-refractivity contribution is -0.126.